The predicted molar refractivity (Wildman–Crippen MR) is 88.7 cm³/mol. The van der Waals surface area contributed by atoms with Gasteiger partial charge in [0.1, 0.15) is 5.00 Å². The van der Waals surface area contributed by atoms with Crippen molar-refractivity contribution < 1.29 is 9.53 Å². The molecule has 0 atom stereocenters. The molecule has 0 aliphatic heterocycles. The van der Waals surface area contributed by atoms with Crippen molar-refractivity contribution in [1.82, 2.24) is 5.32 Å². The van der Waals surface area contributed by atoms with E-state index in [1.54, 1.807) is 0 Å². The number of esters is 1. The summed E-state index contributed by atoms with van der Waals surface area (Å²) in [5.74, 6) is 0.290. The second-order valence-corrected chi connectivity index (χ2v) is 6.41. The highest BCUT2D eigenvalue weighted by molar-refractivity contribution is 7.80. The van der Waals surface area contributed by atoms with Crippen LogP contribution in [0.1, 0.15) is 42.4 Å². The lowest BCUT2D eigenvalue weighted by Gasteiger charge is -2.11. The minimum absolute atomic E-state index is 0.339. The summed E-state index contributed by atoms with van der Waals surface area (Å²) in [6.45, 7) is 7.21. The van der Waals surface area contributed by atoms with Crippen molar-refractivity contribution in [2.24, 2.45) is 5.92 Å². The van der Waals surface area contributed by atoms with Gasteiger partial charge >= 0.3 is 5.97 Å². The molecule has 6 heteroatoms. The van der Waals surface area contributed by atoms with Gasteiger partial charge in [-0.3, -0.25) is 0 Å². The van der Waals surface area contributed by atoms with E-state index in [1.165, 1.54) is 18.4 Å². The van der Waals surface area contributed by atoms with Crippen molar-refractivity contribution in [2.45, 2.75) is 33.6 Å². The van der Waals surface area contributed by atoms with E-state index in [4.69, 9.17) is 17.0 Å². The largest absolute Gasteiger partial charge is 0.465 e. The van der Waals surface area contributed by atoms with Gasteiger partial charge < -0.3 is 15.4 Å². The predicted octanol–water partition coefficient (Wildman–Crippen LogP) is 3.43. The average Bonchev–Trinajstić information content (AvgIpc) is 2.80. The number of rotatable bonds is 6. The molecule has 1 rings (SSSR count). The number of thiophene rings is 1. The Bertz CT molecular complexity index is 470. The number of anilines is 1. The van der Waals surface area contributed by atoms with Gasteiger partial charge in [-0.15, -0.1) is 11.3 Å². The highest BCUT2D eigenvalue weighted by Crippen LogP contribution is 2.29. The zero-order valence-electron chi connectivity index (χ0n) is 12.4. The molecular weight excluding hydrogens is 292 g/mol. The molecule has 0 bridgehead atoms. The molecule has 0 spiro atoms. The summed E-state index contributed by atoms with van der Waals surface area (Å²) >= 11 is 6.78. The molecule has 0 unspecified atom stereocenters. The number of hydrogen-bond acceptors (Lipinski definition) is 4. The standard InChI is InChI=1S/C14H22N2O2S2/c1-5-10-8-11(13(17)18-4)12(20-10)16-14(19)15-7-6-9(2)3/h8-9H,5-7H2,1-4H3,(H2,15,16,19). The van der Waals surface area contributed by atoms with Crippen LogP contribution in [0.4, 0.5) is 5.00 Å². The third-order valence-electron chi connectivity index (χ3n) is 2.77. The van der Waals surface area contributed by atoms with Gasteiger partial charge in [0, 0.05) is 11.4 Å². The summed E-state index contributed by atoms with van der Waals surface area (Å²) in [7, 11) is 1.38. The fourth-order valence-corrected chi connectivity index (χ4v) is 2.85. The quantitative estimate of drug-likeness (QED) is 0.622. The molecular formula is C14H22N2O2S2. The van der Waals surface area contributed by atoms with Crippen molar-refractivity contribution in [3.05, 3.63) is 16.5 Å². The van der Waals surface area contributed by atoms with E-state index in [2.05, 4.69) is 31.4 Å². The first-order valence-electron chi connectivity index (χ1n) is 6.73. The summed E-state index contributed by atoms with van der Waals surface area (Å²) in [6.07, 6.45) is 1.93. The SMILES string of the molecule is CCc1cc(C(=O)OC)c(NC(=S)NCCC(C)C)s1. The number of carbonyl (C=O) groups is 1. The van der Waals surface area contributed by atoms with Gasteiger partial charge in [0.2, 0.25) is 0 Å². The van der Waals surface area contributed by atoms with Crippen LogP contribution in [0.5, 0.6) is 0 Å². The number of nitrogens with one attached hydrogen (secondary N) is 2. The Morgan fingerprint density at radius 3 is 2.75 bits per heavy atom. The molecule has 20 heavy (non-hydrogen) atoms. The summed E-state index contributed by atoms with van der Waals surface area (Å²) in [5, 5.41) is 7.53. The number of hydrogen-bond donors (Lipinski definition) is 2. The van der Waals surface area contributed by atoms with E-state index in [9.17, 15) is 4.79 Å². The molecule has 1 aromatic heterocycles. The first-order valence-corrected chi connectivity index (χ1v) is 7.96. The number of thiocarbonyl (C=S) groups is 1. The van der Waals surface area contributed by atoms with Crippen LogP contribution >= 0.6 is 23.6 Å². The zero-order chi connectivity index (χ0) is 15.1. The number of ether oxygens (including phenoxy) is 1. The third kappa shape index (κ3) is 5.09. The summed E-state index contributed by atoms with van der Waals surface area (Å²) in [5.41, 5.74) is 0.544. The highest BCUT2D eigenvalue weighted by atomic mass is 32.1. The molecule has 0 aliphatic rings. The Labute approximate surface area is 129 Å². The molecule has 1 heterocycles. The molecule has 0 saturated heterocycles. The van der Waals surface area contributed by atoms with E-state index < -0.39 is 0 Å². The normalized spacial score (nSPS) is 10.4. The monoisotopic (exact) mass is 314 g/mol. The highest BCUT2D eigenvalue weighted by Gasteiger charge is 2.16. The first-order chi connectivity index (χ1) is 9.47. The van der Waals surface area contributed by atoms with Crippen molar-refractivity contribution in [2.75, 3.05) is 19.0 Å². The Hall–Kier alpha value is -1.14. The van der Waals surface area contributed by atoms with E-state index in [0.29, 0.717) is 16.6 Å². The maximum atomic E-state index is 11.7. The summed E-state index contributed by atoms with van der Waals surface area (Å²) in [6, 6.07) is 1.86. The molecule has 0 aliphatic carbocycles. The Kier molecular flexibility index (Phi) is 6.95. The maximum absolute atomic E-state index is 11.7. The van der Waals surface area contributed by atoms with E-state index >= 15 is 0 Å². The van der Waals surface area contributed by atoms with Crippen LogP contribution in [-0.4, -0.2) is 24.7 Å². The zero-order valence-corrected chi connectivity index (χ0v) is 14.0. The molecule has 1 aromatic rings. The van der Waals surface area contributed by atoms with Crippen molar-refractivity contribution in [3.8, 4) is 0 Å². The molecule has 0 radical (unpaired) electrons. The van der Waals surface area contributed by atoms with Gasteiger partial charge in [0.25, 0.3) is 0 Å². The average molecular weight is 314 g/mol. The maximum Gasteiger partial charge on any atom is 0.340 e. The van der Waals surface area contributed by atoms with Crippen LogP contribution in [0, 0.1) is 5.92 Å². The van der Waals surface area contributed by atoms with Crippen molar-refractivity contribution in [1.29, 1.82) is 0 Å². The number of aryl methyl sites for hydroxylation is 1. The summed E-state index contributed by atoms with van der Waals surface area (Å²) in [4.78, 5) is 12.9. The van der Waals surface area contributed by atoms with E-state index in [-0.39, 0.29) is 5.97 Å². The minimum Gasteiger partial charge on any atom is -0.465 e. The fraction of sp³-hybridized carbons (Fsp3) is 0.571. The number of methoxy groups -OCH3 is 1. The van der Waals surface area contributed by atoms with E-state index in [1.807, 2.05) is 6.07 Å². The lowest BCUT2D eigenvalue weighted by Crippen LogP contribution is -2.30. The minimum atomic E-state index is -0.339. The Morgan fingerprint density at radius 1 is 1.50 bits per heavy atom. The second kappa shape index (κ2) is 8.21. The van der Waals surface area contributed by atoms with Crippen LogP contribution in [0.25, 0.3) is 0 Å². The Morgan fingerprint density at radius 2 is 2.20 bits per heavy atom. The topological polar surface area (TPSA) is 50.4 Å². The van der Waals surface area contributed by atoms with Gasteiger partial charge in [-0.1, -0.05) is 20.8 Å². The smallest absolute Gasteiger partial charge is 0.340 e. The van der Waals surface area contributed by atoms with Crippen LogP contribution in [0.2, 0.25) is 0 Å². The van der Waals surface area contributed by atoms with Gasteiger partial charge in [-0.25, -0.2) is 4.79 Å². The molecule has 112 valence electrons. The van der Waals surface area contributed by atoms with Crippen LogP contribution in [-0.2, 0) is 11.2 Å². The molecule has 2 N–H and O–H groups in total. The molecule has 0 fully saturated rings. The van der Waals surface area contributed by atoms with Crippen molar-refractivity contribution in [3.63, 3.8) is 0 Å². The second-order valence-electron chi connectivity index (χ2n) is 4.86. The molecule has 0 aromatic carbocycles. The van der Waals surface area contributed by atoms with Crippen LogP contribution < -0.4 is 10.6 Å². The van der Waals surface area contributed by atoms with Gasteiger partial charge in [0.05, 0.1) is 12.7 Å². The lowest BCUT2D eigenvalue weighted by atomic mass is 10.1. The van der Waals surface area contributed by atoms with Gasteiger partial charge in [-0.05, 0) is 37.0 Å². The third-order valence-corrected chi connectivity index (χ3v) is 4.21. The van der Waals surface area contributed by atoms with Crippen molar-refractivity contribution >= 4 is 39.6 Å². The first kappa shape index (κ1) is 16.9. The van der Waals surface area contributed by atoms with Crippen LogP contribution in [0.15, 0.2) is 6.07 Å². The van der Waals surface area contributed by atoms with Gasteiger partial charge in [-0.2, -0.15) is 0 Å². The molecule has 4 nitrogen and oxygen atoms in total. The Balaban J connectivity index is 2.68. The summed E-state index contributed by atoms with van der Waals surface area (Å²) < 4.78 is 4.79. The van der Waals surface area contributed by atoms with Gasteiger partial charge in [0.15, 0.2) is 5.11 Å². The fourth-order valence-electron chi connectivity index (χ4n) is 1.59. The lowest BCUT2D eigenvalue weighted by molar-refractivity contribution is 0.0602. The van der Waals surface area contributed by atoms with Crippen LogP contribution in [0.3, 0.4) is 0 Å². The molecule has 0 amide bonds. The van der Waals surface area contributed by atoms with E-state index in [0.717, 1.165) is 29.3 Å². The number of carbonyl (C=O) groups excluding carboxylic acids is 1. The molecule has 0 saturated carbocycles.